The number of benzene rings is 1. The molecule has 0 bridgehead atoms. The van der Waals surface area contributed by atoms with Crippen molar-refractivity contribution in [2.24, 2.45) is 0 Å². The van der Waals surface area contributed by atoms with Gasteiger partial charge in [-0.2, -0.15) is 0 Å². The third kappa shape index (κ3) is 2.83. The van der Waals surface area contributed by atoms with Gasteiger partial charge in [-0.15, -0.1) is 0 Å². The molecule has 0 radical (unpaired) electrons. The van der Waals surface area contributed by atoms with E-state index >= 15 is 0 Å². The minimum absolute atomic E-state index is 0.243. The van der Waals surface area contributed by atoms with Crippen LogP contribution in [0.15, 0.2) is 24.3 Å². The highest BCUT2D eigenvalue weighted by Crippen LogP contribution is 2.24. The smallest absolute Gasteiger partial charge is 0.410 e. The number of carbonyl (C=O) groups is 2. The van der Waals surface area contributed by atoms with E-state index in [0.29, 0.717) is 18.7 Å². The second-order valence-corrected chi connectivity index (χ2v) is 4.14. The van der Waals surface area contributed by atoms with Crippen molar-refractivity contribution in [2.45, 2.75) is 13.0 Å². The molecule has 1 aliphatic heterocycles. The van der Waals surface area contributed by atoms with Crippen molar-refractivity contribution in [1.29, 1.82) is 0 Å². The van der Waals surface area contributed by atoms with Crippen molar-refractivity contribution in [2.75, 3.05) is 19.7 Å². The Morgan fingerprint density at radius 2 is 2.16 bits per heavy atom. The van der Waals surface area contributed by atoms with Gasteiger partial charge in [0.1, 0.15) is 11.9 Å². The number of amides is 2. The first kappa shape index (κ1) is 13.3. The van der Waals surface area contributed by atoms with E-state index in [2.05, 4.69) is 5.32 Å². The molecule has 102 valence electrons. The Kier molecular flexibility index (Phi) is 3.99. The Hall–Kier alpha value is -2.11. The molecule has 19 heavy (non-hydrogen) atoms. The van der Waals surface area contributed by atoms with E-state index in [9.17, 15) is 14.0 Å². The standard InChI is InChI=1S/C13H15FN2O3/c1-2-19-13(18)16-8-7-15-12(17)11(16)9-3-5-10(14)6-4-9/h3-6,11H,2,7-8H2,1H3,(H,15,17). The normalized spacial score (nSPS) is 18.9. The van der Waals surface area contributed by atoms with Gasteiger partial charge in [0, 0.05) is 13.1 Å². The first-order valence-electron chi connectivity index (χ1n) is 6.10. The molecule has 2 rings (SSSR count). The number of carbonyl (C=O) groups excluding carboxylic acids is 2. The summed E-state index contributed by atoms with van der Waals surface area (Å²) in [5.74, 6) is -0.673. The lowest BCUT2D eigenvalue weighted by molar-refractivity contribution is -0.128. The van der Waals surface area contributed by atoms with E-state index < -0.39 is 12.1 Å². The molecular formula is C13H15FN2O3. The second kappa shape index (κ2) is 5.69. The predicted molar refractivity (Wildman–Crippen MR) is 65.9 cm³/mol. The van der Waals surface area contributed by atoms with E-state index in [0.717, 1.165) is 0 Å². The average molecular weight is 266 g/mol. The van der Waals surface area contributed by atoms with Gasteiger partial charge in [0.05, 0.1) is 6.61 Å². The number of hydrogen-bond acceptors (Lipinski definition) is 3. The van der Waals surface area contributed by atoms with Gasteiger partial charge in [-0.1, -0.05) is 12.1 Å². The van der Waals surface area contributed by atoms with Crippen LogP contribution in [0.1, 0.15) is 18.5 Å². The number of halogens is 1. The fraction of sp³-hybridized carbons (Fsp3) is 0.385. The molecule has 0 saturated carbocycles. The first-order valence-corrected chi connectivity index (χ1v) is 6.10. The average Bonchev–Trinajstić information content (AvgIpc) is 2.40. The third-order valence-electron chi connectivity index (χ3n) is 2.90. The molecule has 5 nitrogen and oxygen atoms in total. The molecule has 1 heterocycles. The first-order chi connectivity index (χ1) is 9.13. The van der Waals surface area contributed by atoms with Crippen molar-refractivity contribution in [3.8, 4) is 0 Å². The van der Waals surface area contributed by atoms with Crippen LogP contribution in [0.25, 0.3) is 0 Å². The third-order valence-corrected chi connectivity index (χ3v) is 2.90. The maximum atomic E-state index is 12.9. The second-order valence-electron chi connectivity index (χ2n) is 4.14. The van der Waals surface area contributed by atoms with Gasteiger partial charge in [-0.3, -0.25) is 9.69 Å². The largest absolute Gasteiger partial charge is 0.450 e. The molecule has 6 heteroatoms. The highest BCUT2D eigenvalue weighted by Gasteiger charge is 2.35. The Balaban J connectivity index is 2.28. The fourth-order valence-corrected chi connectivity index (χ4v) is 2.05. The summed E-state index contributed by atoms with van der Waals surface area (Å²) in [6.45, 7) is 2.70. The SMILES string of the molecule is CCOC(=O)N1CCNC(=O)C1c1ccc(F)cc1. The lowest BCUT2D eigenvalue weighted by Crippen LogP contribution is -2.52. The van der Waals surface area contributed by atoms with E-state index in [1.54, 1.807) is 6.92 Å². The molecule has 0 aliphatic carbocycles. The Labute approximate surface area is 110 Å². The number of hydrogen-bond donors (Lipinski definition) is 1. The summed E-state index contributed by atoms with van der Waals surface area (Å²) in [5.41, 5.74) is 0.562. The van der Waals surface area contributed by atoms with Crippen LogP contribution in [-0.4, -0.2) is 36.6 Å². The van der Waals surface area contributed by atoms with E-state index in [4.69, 9.17) is 4.74 Å². The van der Waals surface area contributed by atoms with Gasteiger partial charge in [0.25, 0.3) is 0 Å². The zero-order valence-electron chi connectivity index (χ0n) is 10.6. The maximum Gasteiger partial charge on any atom is 0.410 e. The molecule has 1 fully saturated rings. The lowest BCUT2D eigenvalue weighted by Gasteiger charge is -2.34. The van der Waals surface area contributed by atoms with Gasteiger partial charge in [0.15, 0.2) is 0 Å². The molecule has 1 N–H and O–H groups in total. The van der Waals surface area contributed by atoms with Crippen molar-refractivity contribution in [1.82, 2.24) is 10.2 Å². The van der Waals surface area contributed by atoms with Crippen LogP contribution in [0.5, 0.6) is 0 Å². The highest BCUT2D eigenvalue weighted by molar-refractivity contribution is 5.88. The monoisotopic (exact) mass is 266 g/mol. The molecule has 2 amide bonds. The van der Waals surface area contributed by atoms with E-state index in [-0.39, 0.29) is 18.3 Å². The van der Waals surface area contributed by atoms with Crippen molar-refractivity contribution >= 4 is 12.0 Å². The minimum atomic E-state index is -0.770. The maximum absolute atomic E-state index is 12.9. The molecule has 1 saturated heterocycles. The van der Waals surface area contributed by atoms with Gasteiger partial charge in [-0.05, 0) is 24.6 Å². The van der Waals surface area contributed by atoms with Gasteiger partial charge < -0.3 is 10.1 Å². The minimum Gasteiger partial charge on any atom is -0.450 e. The summed E-state index contributed by atoms with van der Waals surface area (Å²) < 4.78 is 17.9. The van der Waals surface area contributed by atoms with Gasteiger partial charge in [-0.25, -0.2) is 9.18 Å². The van der Waals surface area contributed by atoms with Crippen LogP contribution in [0.4, 0.5) is 9.18 Å². The van der Waals surface area contributed by atoms with Gasteiger partial charge in [0.2, 0.25) is 5.91 Å². The molecule has 1 aromatic carbocycles. The van der Waals surface area contributed by atoms with Crippen molar-refractivity contribution < 1.29 is 18.7 Å². The van der Waals surface area contributed by atoms with Gasteiger partial charge >= 0.3 is 6.09 Å². The molecule has 1 unspecified atom stereocenters. The van der Waals surface area contributed by atoms with Crippen LogP contribution in [0.3, 0.4) is 0 Å². The zero-order chi connectivity index (χ0) is 13.8. The van der Waals surface area contributed by atoms with E-state index in [1.807, 2.05) is 0 Å². The number of piperazine rings is 1. The molecular weight excluding hydrogens is 251 g/mol. The van der Waals surface area contributed by atoms with E-state index in [1.165, 1.54) is 29.2 Å². The Morgan fingerprint density at radius 3 is 2.79 bits per heavy atom. The number of rotatable bonds is 2. The van der Waals surface area contributed by atoms with Crippen LogP contribution in [0, 0.1) is 5.82 Å². The summed E-state index contributed by atoms with van der Waals surface area (Å²) in [4.78, 5) is 25.1. The summed E-state index contributed by atoms with van der Waals surface area (Å²) in [5, 5.41) is 2.69. The Morgan fingerprint density at radius 1 is 1.47 bits per heavy atom. The lowest BCUT2D eigenvalue weighted by atomic mass is 10.0. The molecule has 1 atom stereocenters. The topological polar surface area (TPSA) is 58.6 Å². The fourth-order valence-electron chi connectivity index (χ4n) is 2.05. The van der Waals surface area contributed by atoms with Crippen LogP contribution in [0.2, 0.25) is 0 Å². The summed E-state index contributed by atoms with van der Waals surface area (Å²) in [6, 6.07) is 4.75. The summed E-state index contributed by atoms with van der Waals surface area (Å²) in [7, 11) is 0. The zero-order valence-corrected chi connectivity index (χ0v) is 10.6. The molecule has 1 aromatic rings. The molecule has 1 aliphatic rings. The quantitative estimate of drug-likeness (QED) is 0.881. The van der Waals surface area contributed by atoms with Crippen LogP contribution < -0.4 is 5.32 Å². The van der Waals surface area contributed by atoms with Crippen molar-refractivity contribution in [3.63, 3.8) is 0 Å². The Bertz CT molecular complexity index is 475. The number of ether oxygens (including phenoxy) is 1. The predicted octanol–water partition coefficient (Wildman–Crippen LogP) is 1.46. The van der Waals surface area contributed by atoms with Crippen LogP contribution >= 0.6 is 0 Å². The molecule has 0 aromatic heterocycles. The molecule has 0 spiro atoms. The highest BCUT2D eigenvalue weighted by atomic mass is 19.1. The summed E-state index contributed by atoms with van der Waals surface area (Å²) >= 11 is 0. The number of nitrogens with one attached hydrogen (secondary N) is 1. The number of nitrogens with zero attached hydrogens (tertiary/aromatic N) is 1. The summed E-state index contributed by atoms with van der Waals surface area (Å²) in [6.07, 6.45) is -0.535. The van der Waals surface area contributed by atoms with Crippen LogP contribution in [-0.2, 0) is 9.53 Å². The van der Waals surface area contributed by atoms with Crippen molar-refractivity contribution in [3.05, 3.63) is 35.6 Å².